The normalized spacial score (nSPS) is 11.0. The number of carbonyl (C=O) groups excluding carboxylic acids is 1. The van der Waals surface area contributed by atoms with Gasteiger partial charge in [-0.15, -0.1) is 0 Å². The first-order valence-corrected chi connectivity index (χ1v) is 9.04. The molecule has 0 unspecified atom stereocenters. The number of aryl methyl sites for hydroxylation is 2. The largest absolute Gasteiger partial charge is 0.495 e. The lowest BCUT2D eigenvalue weighted by molar-refractivity contribution is 0.102. The second-order valence-electron chi connectivity index (χ2n) is 6.52. The van der Waals surface area contributed by atoms with Gasteiger partial charge in [0, 0.05) is 12.1 Å². The first kappa shape index (κ1) is 18.6. The molecule has 0 saturated heterocycles. The molecule has 2 N–H and O–H groups in total. The van der Waals surface area contributed by atoms with E-state index in [1.165, 1.54) is 12.3 Å². The summed E-state index contributed by atoms with van der Waals surface area (Å²) < 4.78 is 21.2. The summed E-state index contributed by atoms with van der Waals surface area (Å²) in [6.07, 6.45) is 3.82. The van der Waals surface area contributed by atoms with Gasteiger partial charge in [0.1, 0.15) is 17.4 Å². The summed E-state index contributed by atoms with van der Waals surface area (Å²) in [7, 11) is 1.56. The number of hydrogen-bond donors (Lipinski definition) is 2. The van der Waals surface area contributed by atoms with E-state index in [-0.39, 0.29) is 17.3 Å². The Hall–Kier alpha value is -3.75. The number of pyridine rings is 1. The highest BCUT2D eigenvalue weighted by atomic mass is 19.1. The molecule has 3 aromatic heterocycles. The number of methoxy groups -OCH3 is 1. The quantitative estimate of drug-likeness (QED) is 0.541. The number of amides is 1. The molecule has 4 rings (SSSR count). The highest BCUT2D eigenvalue weighted by molar-refractivity contribution is 6.09. The van der Waals surface area contributed by atoms with Crippen molar-refractivity contribution in [1.82, 2.24) is 24.8 Å². The molecule has 0 saturated carbocycles. The van der Waals surface area contributed by atoms with E-state index in [0.717, 1.165) is 0 Å². The third-order valence-electron chi connectivity index (χ3n) is 4.64. The highest BCUT2D eigenvalue weighted by Gasteiger charge is 2.18. The number of fused-ring (bicyclic) bond motifs is 1. The van der Waals surface area contributed by atoms with Crippen molar-refractivity contribution in [3.63, 3.8) is 0 Å². The predicted octanol–water partition coefficient (Wildman–Crippen LogP) is 3.39. The summed E-state index contributed by atoms with van der Waals surface area (Å²) in [5, 5.41) is 13.9. The van der Waals surface area contributed by atoms with Gasteiger partial charge in [0.2, 0.25) is 0 Å². The Labute approximate surface area is 165 Å². The maximum Gasteiger partial charge on any atom is 0.259 e. The Bertz CT molecular complexity index is 1210. The van der Waals surface area contributed by atoms with Crippen molar-refractivity contribution in [3.8, 4) is 17.1 Å². The Morgan fingerprint density at radius 2 is 2.17 bits per heavy atom. The fraction of sp³-hybridized carbons (Fsp3) is 0.200. The van der Waals surface area contributed by atoms with Crippen LogP contribution in [0.15, 0.2) is 36.7 Å². The van der Waals surface area contributed by atoms with Crippen molar-refractivity contribution in [2.24, 2.45) is 0 Å². The third kappa shape index (κ3) is 3.42. The molecule has 0 aliphatic carbocycles. The zero-order chi connectivity index (χ0) is 20.5. The zero-order valence-corrected chi connectivity index (χ0v) is 16.2. The van der Waals surface area contributed by atoms with E-state index in [9.17, 15) is 9.18 Å². The summed E-state index contributed by atoms with van der Waals surface area (Å²) in [6.45, 7) is 3.64. The molecule has 0 radical (unpaired) electrons. The summed E-state index contributed by atoms with van der Waals surface area (Å²) in [5.41, 5.74) is 2.30. The molecule has 8 nitrogen and oxygen atoms in total. The monoisotopic (exact) mass is 394 g/mol. The van der Waals surface area contributed by atoms with Crippen molar-refractivity contribution in [2.75, 3.05) is 12.4 Å². The molecule has 1 aromatic carbocycles. The van der Waals surface area contributed by atoms with Crippen LogP contribution in [0.5, 0.6) is 5.75 Å². The number of benzene rings is 1. The fourth-order valence-corrected chi connectivity index (χ4v) is 3.00. The molecule has 0 aliphatic rings. The van der Waals surface area contributed by atoms with Gasteiger partial charge in [-0.05, 0) is 36.8 Å². The van der Waals surface area contributed by atoms with Crippen molar-refractivity contribution < 1.29 is 13.9 Å². The number of H-pyrrole nitrogens is 1. The van der Waals surface area contributed by atoms with Crippen LogP contribution in [0.25, 0.3) is 16.9 Å². The van der Waals surface area contributed by atoms with E-state index in [2.05, 4.69) is 25.6 Å². The molecule has 3 heterocycles. The number of rotatable bonds is 5. The molecule has 29 heavy (non-hydrogen) atoms. The van der Waals surface area contributed by atoms with Crippen LogP contribution in [-0.4, -0.2) is 37.8 Å². The van der Waals surface area contributed by atoms with Crippen LogP contribution in [0, 0.1) is 12.7 Å². The number of hydrogen-bond acceptors (Lipinski definition) is 5. The van der Waals surface area contributed by atoms with E-state index >= 15 is 0 Å². The zero-order valence-electron chi connectivity index (χ0n) is 16.2. The minimum atomic E-state index is -0.453. The van der Waals surface area contributed by atoms with Crippen molar-refractivity contribution in [1.29, 1.82) is 0 Å². The molecule has 9 heteroatoms. The van der Waals surface area contributed by atoms with Gasteiger partial charge in [0.15, 0.2) is 5.82 Å². The number of aromatic amines is 1. The minimum absolute atomic E-state index is 0.214. The molecular weight excluding hydrogens is 375 g/mol. The first-order chi connectivity index (χ1) is 14.0. The number of aromatic nitrogens is 5. The minimum Gasteiger partial charge on any atom is -0.495 e. The number of anilines is 1. The Kier molecular flexibility index (Phi) is 4.71. The second kappa shape index (κ2) is 7.34. The maximum atomic E-state index is 14.5. The summed E-state index contributed by atoms with van der Waals surface area (Å²) in [6, 6.07) is 6.40. The van der Waals surface area contributed by atoms with Gasteiger partial charge in [-0.25, -0.2) is 13.9 Å². The van der Waals surface area contributed by atoms with E-state index in [1.54, 1.807) is 42.9 Å². The number of carbonyl (C=O) groups is 1. The van der Waals surface area contributed by atoms with Gasteiger partial charge in [0.25, 0.3) is 5.91 Å². The lowest BCUT2D eigenvalue weighted by atomic mass is 10.1. The van der Waals surface area contributed by atoms with Crippen LogP contribution in [0.2, 0.25) is 0 Å². The van der Waals surface area contributed by atoms with Crippen LogP contribution in [0.1, 0.15) is 28.7 Å². The van der Waals surface area contributed by atoms with Gasteiger partial charge < -0.3 is 10.1 Å². The number of ether oxygens (including phenoxy) is 1. The van der Waals surface area contributed by atoms with Crippen LogP contribution in [0.4, 0.5) is 10.1 Å². The van der Waals surface area contributed by atoms with Crippen LogP contribution >= 0.6 is 0 Å². The Morgan fingerprint density at radius 3 is 2.90 bits per heavy atom. The second-order valence-corrected chi connectivity index (χ2v) is 6.52. The lowest BCUT2D eigenvalue weighted by Crippen LogP contribution is -2.13. The van der Waals surface area contributed by atoms with Crippen molar-refractivity contribution >= 4 is 17.1 Å². The highest BCUT2D eigenvalue weighted by Crippen LogP contribution is 2.27. The van der Waals surface area contributed by atoms with Crippen LogP contribution < -0.4 is 10.1 Å². The standard InChI is InChI=1S/C20H19FN6O2/c1-4-18-24-19(26-25-18)13-8-16(11(2)7-15(13)21)23-20(28)14-9-22-27-10-12(29-3)5-6-17(14)27/h5-10H,4H2,1-3H3,(H,23,28)(H,24,25,26). The third-order valence-corrected chi connectivity index (χ3v) is 4.64. The van der Waals surface area contributed by atoms with Crippen LogP contribution in [-0.2, 0) is 6.42 Å². The van der Waals surface area contributed by atoms with E-state index in [1.807, 2.05) is 6.92 Å². The molecule has 0 fully saturated rings. The van der Waals surface area contributed by atoms with E-state index in [4.69, 9.17) is 4.74 Å². The average molecular weight is 394 g/mol. The predicted molar refractivity (Wildman–Crippen MR) is 106 cm³/mol. The summed E-state index contributed by atoms with van der Waals surface area (Å²) in [5.74, 6) is 0.732. The van der Waals surface area contributed by atoms with Gasteiger partial charge >= 0.3 is 0 Å². The number of nitrogens with one attached hydrogen (secondary N) is 2. The van der Waals surface area contributed by atoms with E-state index < -0.39 is 5.82 Å². The number of nitrogens with zero attached hydrogens (tertiary/aromatic N) is 4. The molecular formula is C20H19FN6O2. The molecule has 1 amide bonds. The molecule has 0 aliphatic heterocycles. The van der Waals surface area contributed by atoms with Crippen molar-refractivity contribution in [2.45, 2.75) is 20.3 Å². The summed E-state index contributed by atoms with van der Waals surface area (Å²) >= 11 is 0. The molecule has 4 aromatic rings. The van der Waals surface area contributed by atoms with Crippen LogP contribution in [0.3, 0.4) is 0 Å². The molecule has 0 bridgehead atoms. The SMILES string of the molecule is CCc1nc(-c2cc(NC(=O)c3cnn4cc(OC)ccc34)c(C)cc2F)n[nH]1. The Balaban J connectivity index is 1.67. The fourth-order valence-electron chi connectivity index (χ4n) is 3.00. The average Bonchev–Trinajstić information content (AvgIpc) is 3.36. The lowest BCUT2D eigenvalue weighted by Gasteiger charge is -2.10. The molecule has 148 valence electrons. The van der Waals surface area contributed by atoms with Gasteiger partial charge in [-0.1, -0.05) is 6.92 Å². The smallest absolute Gasteiger partial charge is 0.259 e. The Morgan fingerprint density at radius 1 is 1.34 bits per heavy atom. The van der Waals surface area contributed by atoms with Gasteiger partial charge in [-0.3, -0.25) is 9.89 Å². The molecule has 0 atom stereocenters. The topological polar surface area (TPSA) is 97.2 Å². The van der Waals surface area contributed by atoms with E-state index in [0.29, 0.717) is 40.3 Å². The molecule has 0 spiro atoms. The van der Waals surface area contributed by atoms with Gasteiger partial charge in [-0.2, -0.15) is 10.2 Å². The number of halogens is 1. The van der Waals surface area contributed by atoms with Gasteiger partial charge in [0.05, 0.1) is 36.1 Å². The van der Waals surface area contributed by atoms with Crippen molar-refractivity contribution in [3.05, 3.63) is 59.4 Å². The first-order valence-electron chi connectivity index (χ1n) is 9.04. The summed E-state index contributed by atoms with van der Waals surface area (Å²) in [4.78, 5) is 17.1. The maximum absolute atomic E-state index is 14.5.